The van der Waals surface area contributed by atoms with Crippen molar-refractivity contribution in [1.29, 1.82) is 0 Å². The van der Waals surface area contributed by atoms with Crippen LogP contribution in [-0.2, 0) is 4.79 Å². The molecule has 5 nitrogen and oxygen atoms in total. The molecule has 0 saturated carbocycles. The smallest absolute Gasteiger partial charge is 0.224 e. The molecule has 1 heterocycles. The molecule has 1 aliphatic heterocycles. The number of halogens is 4. The van der Waals surface area contributed by atoms with E-state index in [-0.39, 0.29) is 54.9 Å². The van der Waals surface area contributed by atoms with E-state index in [2.05, 4.69) is 20.4 Å². The molecule has 152 valence electrons. The summed E-state index contributed by atoms with van der Waals surface area (Å²) >= 11 is 0. The second kappa shape index (κ2) is 14.3. The normalized spacial score (nSPS) is 15.1. The maximum Gasteiger partial charge on any atom is 0.224 e. The maximum atomic E-state index is 13.0. The minimum Gasteiger partial charge on any atom is -0.369 e. The van der Waals surface area contributed by atoms with Gasteiger partial charge in [-0.1, -0.05) is 6.92 Å². The van der Waals surface area contributed by atoms with E-state index in [9.17, 15) is 9.18 Å². The lowest BCUT2D eigenvalue weighted by Crippen LogP contribution is -2.49. The van der Waals surface area contributed by atoms with Crippen molar-refractivity contribution in [2.75, 3.05) is 57.8 Å². The van der Waals surface area contributed by atoms with Crippen molar-refractivity contribution in [2.24, 2.45) is 5.92 Å². The zero-order valence-electron chi connectivity index (χ0n) is 15.2. The number of amides is 1. The van der Waals surface area contributed by atoms with Crippen molar-refractivity contribution in [3.63, 3.8) is 0 Å². The lowest BCUT2D eigenvalue weighted by molar-refractivity contribution is -0.124. The third kappa shape index (κ3) is 8.73. The van der Waals surface area contributed by atoms with Crippen LogP contribution in [0.5, 0.6) is 0 Å². The average molecular weight is 432 g/mol. The van der Waals surface area contributed by atoms with Gasteiger partial charge in [-0.05, 0) is 31.3 Å². The summed E-state index contributed by atoms with van der Waals surface area (Å²) in [7, 11) is 1.85. The predicted molar refractivity (Wildman–Crippen MR) is 113 cm³/mol. The van der Waals surface area contributed by atoms with Crippen LogP contribution >= 0.6 is 37.2 Å². The Labute approximate surface area is 174 Å². The Bertz CT molecular complexity index is 499. The topological polar surface area (TPSA) is 47.6 Å². The Morgan fingerprint density at radius 3 is 2.23 bits per heavy atom. The van der Waals surface area contributed by atoms with Crippen molar-refractivity contribution in [2.45, 2.75) is 6.92 Å². The van der Waals surface area contributed by atoms with Crippen LogP contribution in [0.2, 0.25) is 0 Å². The van der Waals surface area contributed by atoms with Gasteiger partial charge in [0.1, 0.15) is 5.82 Å². The Balaban J connectivity index is 0. The highest BCUT2D eigenvalue weighted by Crippen LogP contribution is 2.16. The molecule has 1 aromatic carbocycles. The van der Waals surface area contributed by atoms with Crippen LogP contribution in [0.1, 0.15) is 6.92 Å². The minimum atomic E-state index is -0.198. The number of anilines is 1. The molecular weight excluding hydrogens is 402 g/mol. The number of nitrogens with zero attached hydrogens (tertiary/aromatic N) is 2. The molecular formula is C17H30Cl3FN4O. The van der Waals surface area contributed by atoms with Gasteiger partial charge in [0.2, 0.25) is 5.91 Å². The summed E-state index contributed by atoms with van der Waals surface area (Å²) < 4.78 is 13.0. The van der Waals surface area contributed by atoms with Crippen LogP contribution in [-0.4, -0.2) is 63.7 Å². The number of benzene rings is 1. The molecule has 0 aliphatic carbocycles. The first-order valence-corrected chi connectivity index (χ1v) is 8.25. The van der Waals surface area contributed by atoms with E-state index in [4.69, 9.17) is 0 Å². The Hall–Kier alpha value is -0.790. The van der Waals surface area contributed by atoms with E-state index in [1.54, 1.807) is 0 Å². The molecule has 2 N–H and O–H groups in total. The minimum absolute atomic E-state index is 0. The fourth-order valence-corrected chi connectivity index (χ4v) is 2.79. The van der Waals surface area contributed by atoms with Gasteiger partial charge in [0, 0.05) is 57.4 Å². The van der Waals surface area contributed by atoms with Crippen molar-refractivity contribution < 1.29 is 9.18 Å². The zero-order valence-corrected chi connectivity index (χ0v) is 17.7. The molecule has 1 aliphatic rings. The lowest BCUT2D eigenvalue weighted by Gasteiger charge is -2.36. The van der Waals surface area contributed by atoms with Gasteiger partial charge in [-0.25, -0.2) is 4.39 Å². The molecule has 9 heteroatoms. The van der Waals surface area contributed by atoms with E-state index in [0.717, 1.165) is 38.4 Å². The third-order valence-corrected chi connectivity index (χ3v) is 4.25. The number of nitrogens with one attached hydrogen (secondary N) is 2. The second-order valence-corrected chi connectivity index (χ2v) is 6.05. The van der Waals surface area contributed by atoms with Gasteiger partial charge in [0.15, 0.2) is 0 Å². The maximum absolute atomic E-state index is 13.0. The van der Waals surface area contributed by atoms with Crippen LogP contribution in [0.25, 0.3) is 0 Å². The Morgan fingerprint density at radius 2 is 1.69 bits per heavy atom. The summed E-state index contributed by atoms with van der Waals surface area (Å²) in [5.74, 6) is -0.102. The molecule has 1 unspecified atom stereocenters. The summed E-state index contributed by atoms with van der Waals surface area (Å²) in [5, 5.41) is 6.00. The molecule has 1 saturated heterocycles. The summed E-state index contributed by atoms with van der Waals surface area (Å²) in [5.41, 5.74) is 1.07. The van der Waals surface area contributed by atoms with Crippen LogP contribution in [0.4, 0.5) is 10.1 Å². The van der Waals surface area contributed by atoms with E-state index in [1.165, 1.54) is 12.1 Å². The predicted octanol–water partition coefficient (Wildman–Crippen LogP) is 2.18. The standard InChI is InChI=1S/C17H27FN4O.3ClH/c1-14(13-19-2)17(23)20-7-8-21-9-11-22(12-10-21)16-5-3-15(18)4-6-16;;;/h3-6,14,19H,7-13H2,1-2H3,(H,20,23);3*1H. The fraction of sp³-hybridized carbons (Fsp3) is 0.588. The zero-order chi connectivity index (χ0) is 16.7. The Kier molecular flexibility index (Phi) is 15.1. The molecule has 1 fully saturated rings. The number of hydrogen-bond acceptors (Lipinski definition) is 4. The highest BCUT2D eigenvalue weighted by molar-refractivity contribution is 5.86. The molecule has 2 rings (SSSR count). The Morgan fingerprint density at radius 1 is 1.12 bits per heavy atom. The van der Waals surface area contributed by atoms with Gasteiger partial charge in [0.05, 0.1) is 0 Å². The van der Waals surface area contributed by atoms with E-state index in [0.29, 0.717) is 13.1 Å². The van der Waals surface area contributed by atoms with Gasteiger partial charge in [-0.3, -0.25) is 9.69 Å². The first-order valence-electron chi connectivity index (χ1n) is 8.25. The lowest BCUT2D eigenvalue weighted by atomic mass is 10.1. The number of carbonyl (C=O) groups excluding carboxylic acids is 1. The second-order valence-electron chi connectivity index (χ2n) is 6.05. The van der Waals surface area contributed by atoms with Crippen LogP contribution in [0.15, 0.2) is 24.3 Å². The van der Waals surface area contributed by atoms with E-state index in [1.807, 2.05) is 26.1 Å². The SMILES string of the molecule is CNCC(C)C(=O)NCCN1CCN(c2ccc(F)cc2)CC1.Cl.Cl.Cl. The number of carbonyl (C=O) groups is 1. The number of hydrogen-bond donors (Lipinski definition) is 2. The monoisotopic (exact) mass is 430 g/mol. The molecule has 1 amide bonds. The van der Waals surface area contributed by atoms with Crippen molar-refractivity contribution in [1.82, 2.24) is 15.5 Å². The summed E-state index contributed by atoms with van der Waals surface area (Å²) in [4.78, 5) is 16.4. The fourth-order valence-electron chi connectivity index (χ4n) is 2.79. The highest BCUT2D eigenvalue weighted by Gasteiger charge is 2.17. The van der Waals surface area contributed by atoms with Crippen molar-refractivity contribution in [3.05, 3.63) is 30.1 Å². The molecule has 1 atom stereocenters. The van der Waals surface area contributed by atoms with Crippen LogP contribution in [0, 0.1) is 11.7 Å². The quantitative estimate of drug-likeness (QED) is 0.695. The first-order chi connectivity index (χ1) is 11.1. The van der Waals surface area contributed by atoms with Crippen LogP contribution in [0.3, 0.4) is 0 Å². The molecule has 0 aromatic heterocycles. The summed E-state index contributed by atoms with van der Waals surface area (Å²) in [6, 6.07) is 6.66. The van der Waals surface area contributed by atoms with Gasteiger partial charge in [-0.2, -0.15) is 0 Å². The molecule has 26 heavy (non-hydrogen) atoms. The first kappa shape index (κ1) is 27.4. The number of piperazine rings is 1. The third-order valence-electron chi connectivity index (χ3n) is 4.25. The largest absolute Gasteiger partial charge is 0.369 e. The van der Waals surface area contributed by atoms with Gasteiger partial charge < -0.3 is 15.5 Å². The molecule has 0 bridgehead atoms. The molecule has 0 radical (unpaired) electrons. The van der Waals surface area contributed by atoms with E-state index < -0.39 is 0 Å². The summed E-state index contributed by atoms with van der Waals surface area (Å²) in [6.45, 7) is 7.94. The molecule has 1 aromatic rings. The van der Waals surface area contributed by atoms with Gasteiger partial charge in [0.25, 0.3) is 0 Å². The van der Waals surface area contributed by atoms with Crippen LogP contribution < -0.4 is 15.5 Å². The average Bonchev–Trinajstić information content (AvgIpc) is 2.56. The van der Waals surface area contributed by atoms with Crippen molar-refractivity contribution in [3.8, 4) is 0 Å². The van der Waals surface area contributed by atoms with E-state index >= 15 is 0 Å². The van der Waals surface area contributed by atoms with Crippen molar-refractivity contribution >= 4 is 48.8 Å². The highest BCUT2D eigenvalue weighted by atomic mass is 35.5. The van der Waals surface area contributed by atoms with Gasteiger partial charge >= 0.3 is 0 Å². The molecule has 0 spiro atoms. The van der Waals surface area contributed by atoms with Gasteiger partial charge in [-0.15, -0.1) is 37.2 Å². The summed E-state index contributed by atoms with van der Waals surface area (Å²) in [6.07, 6.45) is 0. The number of rotatable bonds is 7.